The molecule has 1 aliphatic carbocycles. The molecular weight excluding hydrogens is 408 g/mol. The van der Waals surface area contributed by atoms with Crippen LogP contribution in [0.1, 0.15) is 24.0 Å². The minimum absolute atomic E-state index is 0.351. The SMILES string of the molecule is Nc1cccc(-c2ccc(CCN3CCN(CCc4ccccc4)CC3)cc2OC2CC2)n1. The molecule has 2 N–H and O–H groups in total. The highest BCUT2D eigenvalue weighted by Gasteiger charge is 2.25. The van der Waals surface area contributed by atoms with Gasteiger partial charge in [0.25, 0.3) is 0 Å². The number of nitrogen functional groups attached to an aromatic ring is 1. The van der Waals surface area contributed by atoms with E-state index in [0.717, 1.165) is 82.0 Å². The molecule has 1 aromatic heterocycles. The molecule has 0 radical (unpaired) electrons. The van der Waals surface area contributed by atoms with Crippen LogP contribution >= 0.6 is 0 Å². The van der Waals surface area contributed by atoms with E-state index >= 15 is 0 Å². The maximum atomic E-state index is 6.26. The second-order valence-corrected chi connectivity index (χ2v) is 9.26. The Morgan fingerprint density at radius 3 is 2.15 bits per heavy atom. The zero-order chi connectivity index (χ0) is 22.5. The van der Waals surface area contributed by atoms with E-state index in [1.54, 1.807) is 0 Å². The van der Waals surface area contributed by atoms with Gasteiger partial charge in [-0.15, -0.1) is 0 Å². The average Bonchev–Trinajstić information content (AvgIpc) is 3.67. The standard InChI is InChI=1S/C28H34N4O/c29-28-8-4-7-26(30-28)25-12-9-23(21-27(25)33-24-10-11-24)14-16-32-19-17-31(18-20-32)15-13-22-5-2-1-3-6-22/h1-9,12,21,24H,10-11,13-20H2,(H2,29,30). The van der Waals surface area contributed by atoms with Crippen LogP contribution in [0.15, 0.2) is 66.7 Å². The minimum Gasteiger partial charge on any atom is -0.490 e. The van der Waals surface area contributed by atoms with Crippen LogP contribution in [0.5, 0.6) is 5.75 Å². The molecule has 1 saturated heterocycles. The van der Waals surface area contributed by atoms with E-state index in [2.05, 4.69) is 63.3 Å². The van der Waals surface area contributed by atoms with E-state index in [1.165, 1.54) is 11.1 Å². The molecular formula is C28H34N4O. The lowest BCUT2D eigenvalue weighted by atomic mass is 10.0. The molecule has 0 amide bonds. The summed E-state index contributed by atoms with van der Waals surface area (Å²) in [5.74, 6) is 1.48. The first-order valence-corrected chi connectivity index (χ1v) is 12.2. The normalized spacial score (nSPS) is 17.2. The van der Waals surface area contributed by atoms with Crippen LogP contribution in [-0.4, -0.2) is 60.2 Å². The summed E-state index contributed by atoms with van der Waals surface area (Å²) in [5.41, 5.74) is 10.6. The van der Waals surface area contributed by atoms with Crippen molar-refractivity contribution in [1.82, 2.24) is 14.8 Å². The number of nitrogens with two attached hydrogens (primary N) is 1. The van der Waals surface area contributed by atoms with E-state index in [1.807, 2.05) is 18.2 Å². The van der Waals surface area contributed by atoms with Crippen LogP contribution in [0.25, 0.3) is 11.3 Å². The van der Waals surface area contributed by atoms with Crippen LogP contribution in [-0.2, 0) is 12.8 Å². The van der Waals surface area contributed by atoms with Gasteiger partial charge in [0.1, 0.15) is 11.6 Å². The quantitative estimate of drug-likeness (QED) is 0.536. The van der Waals surface area contributed by atoms with Gasteiger partial charge in [-0.25, -0.2) is 4.98 Å². The van der Waals surface area contributed by atoms with Crippen molar-refractivity contribution >= 4 is 5.82 Å². The highest BCUT2D eigenvalue weighted by atomic mass is 16.5. The Morgan fingerprint density at radius 1 is 0.788 bits per heavy atom. The Hall–Kier alpha value is -2.89. The summed E-state index contributed by atoms with van der Waals surface area (Å²) in [6.45, 7) is 6.84. The van der Waals surface area contributed by atoms with Crippen molar-refractivity contribution in [2.24, 2.45) is 0 Å². The fourth-order valence-electron chi connectivity index (χ4n) is 4.45. The Kier molecular flexibility index (Phi) is 6.89. The van der Waals surface area contributed by atoms with Crippen molar-refractivity contribution in [2.75, 3.05) is 45.0 Å². The van der Waals surface area contributed by atoms with Gasteiger partial charge < -0.3 is 20.3 Å². The lowest BCUT2D eigenvalue weighted by Crippen LogP contribution is -2.47. The number of ether oxygens (including phenoxy) is 1. The zero-order valence-electron chi connectivity index (χ0n) is 19.3. The monoisotopic (exact) mass is 442 g/mol. The number of anilines is 1. The third-order valence-electron chi connectivity index (χ3n) is 6.65. The molecule has 5 nitrogen and oxygen atoms in total. The summed E-state index contributed by atoms with van der Waals surface area (Å²) in [5, 5.41) is 0. The maximum Gasteiger partial charge on any atom is 0.129 e. The van der Waals surface area contributed by atoms with Crippen LogP contribution in [0, 0.1) is 0 Å². The van der Waals surface area contributed by atoms with E-state index in [9.17, 15) is 0 Å². The molecule has 2 aromatic carbocycles. The molecule has 2 aliphatic rings. The second-order valence-electron chi connectivity index (χ2n) is 9.26. The van der Waals surface area contributed by atoms with Gasteiger partial charge in [0.2, 0.25) is 0 Å². The summed E-state index contributed by atoms with van der Waals surface area (Å²) < 4.78 is 6.26. The fourth-order valence-corrected chi connectivity index (χ4v) is 4.45. The lowest BCUT2D eigenvalue weighted by Gasteiger charge is -2.34. The smallest absolute Gasteiger partial charge is 0.129 e. The van der Waals surface area contributed by atoms with Crippen molar-refractivity contribution in [3.05, 3.63) is 77.9 Å². The van der Waals surface area contributed by atoms with Crippen LogP contribution in [0.4, 0.5) is 5.82 Å². The number of aromatic nitrogens is 1. The first kappa shape index (κ1) is 21.9. The van der Waals surface area contributed by atoms with Crippen molar-refractivity contribution in [3.63, 3.8) is 0 Å². The van der Waals surface area contributed by atoms with Gasteiger partial charge >= 0.3 is 0 Å². The summed E-state index contributed by atoms with van der Waals surface area (Å²) in [6, 6.07) is 23.2. The van der Waals surface area contributed by atoms with Crippen LogP contribution in [0.3, 0.4) is 0 Å². The fraction of sp³-hybridized carbons (Fsp3) is 0.393. The summed E-state index contributed by atoms with van der Waals surface area (Å²) in [4.78, 5) is 9.69. The highest BCUT2D eigenvalue weighted by Crippen LogP contribution is 2.35. The minimum atomic E-state index is 0.351. The van der Waals surface area contributed by atoms with Gasteiger partial charge in [0.05, 0.1) is 11.8 Å². The predicted molar refractivity (Wildman–Crippen MR) is 134 cm³/mol. The number of hydrogen-bond acceptors (Lipinski definition) is 5. The zero-order valence-corrected chi connectivity index (χ0v) is 19.3. The van der Waals surface area contributed by atoms with Gasteiger partial charge in [-0.2, -0.15) is 0 Å². The first-order valence-electron chi connectivity index (χ1n) is 12.2. The summed E-state index contributed by atoms with van der Waals surface area (Å²) in [6.07, 6.45) is 4.81. The third kappa shape index (κ3) is 6.12. The lowest BCUT2D eigenvalue weighted by molar-refractivity contribution is 0.134. The number of benzene rings is 2. The van der Waals surface area contributed by atoms with Gasteiger partial charge in [-0.05, 0) is 61.1 Å². The molecule has 172 valence electrons. The van der Waals surface area contributed by atoms with Gasteiger partial charge in [0.15, 0.2) is 0 Å². The highest BCUT2D eigenvalue weighted by molar-refractivity contribution is 5.69. The number of hydrogen-bond donors (Lipinski definition) is 1. The second kappa shape index (κ2) is 10.4. The Morgan fingerprint density at radius 2 is 1.48 bits per heavy atom. The third-order valence-corrected chi connectivity index (χ3v) is 6.65. The van der Waals surface area contributed by atoms with Crippen LogP contribution < -0.4 is 10.5 Å². The van der Waals surface area contributed by atoms with Gasteiger partial charge in [-0.3, -0.25) is 0 Å². The molecule has 5 rings (SSSR count). The molecule has 33 heavy (non-hydrogen) atoms. The molecule has 1 saturated carbocycles. The summed E-state index contributed by atoms with van der Waals surface area (Å²) in [7, 11) is 0. The molecule has 0 atom stereocenters. The van der Waals surface area contributed by atoms with Crippen molar-refractivity contribution < 1.29 is 4.74 Å². The van der Waals surface area contributed by atoms with Crippen LogP contribution in [0.2, 0.25) is 0 Å². The van der Waals surface area contributed by atoms with Gasteiger partial charge in [-0.1, -0.05) is 42.5 Å². The van der Waals surface area contributed by atoms with Crippen molar-refractivity contribution in [2.45, 2.75) is 31.8 Å². The average molecular weight is 443 g/mol. The predicted octanol–water partition coefficient (Wildman–Crippen LogP) is 4.27. The molecule has 5 heteroatoms. The Labute approximate surface area is 197 Å². The largest absolute Gasteiger partial charge is 0.490 e. The topological polar surface area (TPSA) is 54.6 Å². The number of piperazine rings is 1. The molecule has 2 fully saturated rings. The maximum absolute atomic E-state index is 6.26. The number of pyridine rings is 1. The van der Waals surface area contributed by atoms with E-state index < -0.39 is 0 Å². The van der Waals surface area contributed by atoms with E-state index in [0.29, 0.717) is 11.9 Å². The molecule has 0 bridgehead atoms. The van der Waals surface area contributed by atoms with Crippen molar-refractivity contribution in [1.29, 1.82) is 0 Å². The molecule has 1 aliphatic heterocycles. The summed E-state index contributed by atoms with van der Waals surface area (Å²) >= 11 is 0. The Balaban J connectivity index is 1.15. The molecule has 3 aromatic rings. The number of nitrogens with zero attached hydrogens (tertiary/aromatic N) is 3. The Bertz CT molecular complexity index is 1040. The van der Waals surface area contributed by atoms with Gasteiger partial charge in [0, 0.05) is 44.8 Å². The molecule has 2 heterocycles. The number of rotatable bonds is 9. The van der Waals surface area contributed by atoms with E-state index in [-0.39, 0.29) is 0 Å². The molecule has 0 spiro atoms. The molecule has 0 unspecified atom stereocenters. The van der Waals surface area contributed by atoms with Crippen molar-refractivity contribution in [3.8, 4) is 17.0 Å². The first-order chi connectivity index (χ1) is 16.2. The van der Waals surface area contributed by atoms with E-state index in [4.69, 9.17) is 10.5 Å².